The molecule has 110 valence electrons. The molecule has 6 heteroatoms. The van der Waals surface area contributed by atoms with Gasteiger partial charge in [-0.05, 0) is 13.0 Å². The molecule has 0 spiro atoms. The molecule has 1 aliphatic rings. The normalized spacial score (nSPS) is 17.9. The van der Waals surface area contributed by atoms with Gasteiger partial charge in [0.15, 0.2) is 0 Å². The fourth-order valence-corrected chi connectivity index (χ4v) is 2.32. The van der Waals surface area contributed by atoms with Crippen LogP contribution in [0.1, 0.15) is 12.0 Å². The van der Waals surface area contributed by atoms with Crippen LogP contribution >= 0.6 is 0 Å². The van der Waals surface area contributed by atoms with Crippen LogP contribution in [-0.4, -0.2) is 34.3 Å². The average molecular weight is 289 g/mol. The number of nitrogens with zero attached hydrogens (tertiary/aromatic N) is 2. The molecule has 1 aliphatic heterocycles. The van der Waals surface area contributed by atoms with Crippen LogP contribution in [0.2, 0.25) is 0 Å². The Kier molecular flexibility index (Phi) is 4.08. The molecule has 2 heterocycles. The molecule has 0 saturated carbocycles. The van der Waals surface area contributed by atoms with Gasteiger partial charge in [-0.25, -0.2) is 14.4 Å². The highest BCUT2D eigenvalue weighted by Gasteiger charge is 2.17. The zero-order chi connectivity index (χ0) is 14.7. The lowest BCUT2D eigenvalue weighted by molar-refractivity contribution is 0.204. The number of nitrogens with one attached hydrogen (secondary N) is 1. The highest BCUT2D eigenvalue weighted by molar-refractivity contribution is 5.63. The fourth-order valence-electron chi connectivity index (χ4n) is 2.32. The van der Waals surface area contributed by atoms with E-state index in [4.69, 9.17) is 9.84 Å². The van der Waals surface area contributed by atoms with Crippen molar-refractivity contribution < 1.29 is 14.2 Å². The van der Waals surface area contributed by atoms with Gasteiger partial charge < -0.3 is 15.2 Å². The first-order valence-corrected chi connectivity index (χ1v) is 6.86. The van der Waals surface area contributed by atoms with E-state index >= 15 is 0 Å². The van der Waals surface area contributed by atoms with Crippen molar-refractivity contribution in [3.05, 3.63) is 42.0 Å². The van der Waals surface area contributed by atoms with Crippen molar-refractivity contribution >= 4 is 0 Å². The summed E-state index contributed by atoms with van der Waals surface area (Å²) in [5.41, 5.74) is 1.18. The SMILES string of the molecule is OCc1cccc(-c2cnc(OC3CCNC3)nc2)c1F. The van der Waals surface area contributed by atoms with Crippen LogP contribution in [0.3, 0.4) is 0 Å². The molecule has 0 radical (unpaired) electrons. The maximum Gasteiger partial charge on any atom is 0.316 e. The third-order valence-electron chi connectivity index (χ3n) is 3.48. The summed E-state index contributed by atoms with van der Waals surface area (Å²) in [5, 5.41) is 12.3. The highest BCUT2D eigenvalue weighted by Crippen LogP contribution is 2.24. The van der Waals surface area contributed by atoms with Gasteiger partial charge in [0.05, 0.1) is 6.61 Å². The fraction of sp³-hybridized carbons (Fsp3) is 0.333. The predicted octanol–water partition coefficient (Wildman–Crippen LogP) is 1.52. The van der Waals surface area contributed by atoms with Crippen molar-refractivity contribution in [2.24, 2.45) is 0 Å². The van der Waals surface area contributed by atoms with Gasteiger partial charge in [-0.2, -0.15) is 0 Å². The van der Waals surface area contributed by atoms with Gasteiger partial charge in [0, 0.05) is 35.6 Å². The first-order valence-electron chi connectivity index (χ1n) is 6.86. The molecule has 5 nitrogen and oxygen atoms in total. The summed E-state index contributed by atoms with van der Waals surface area (Å²) in [6, 6.07) is 5.17. The largest absolute Gasteiger partial charge is 0.459 e. The summed E-state index contributed by atoms with van der Waals surface area (Å²) in [6.45, 7) is 1.39. The minimum atomic E-state index is -0.447. The number of ether oxygens (including phenoxy) is 1. The Balaban J connectivity index is 1.80. The number of aliphatic hydroxyl groups excluding tert-OH is 1. The maximum atomic E-state index is 14.1. The van der Waals surface area contributed by atoms with Crippen LogP contribution in [0.4, 0.5) is 4.39 Å². The van der Waals surface area contributed by atoms with Gasteiger partial charge in [0.25, 0.3) is 0 Å². The summed E-state index contributed by atoms with van der Waals surface area (Å²) >= 11 is 0. The minimum Gasteiger partial charge on any atom is -0.459 e. The molecule has 2 N–H and O–H groups in total. The van der Waals surface area contributed by atoms with Gasteiger partial charge in [0.1, 0.15) is 11.9 Å². The van der Waals surface area contributed by atoms with Crippen LogP contribution in [-0.2, 0) is 6.61 Å². The van der Waals surface area contributed by atoms with Gasteiger partial charge in [0.2, 0.25) is 0 Å². The smallest absolute Gasteiger partial charge is 0.316 e. The number of rotatable bonds is 4. The van der Waals surface area contributed by atoms with E-state index < -0.39 is 5.82 Å². The van der Waals surface area contributed by atoms with Crippen molar-refractivity contribution in [2.45, 2.75) is 19.1 Å². The Morgan fingerprint density at radius 1 is 1.33 bits per heavy atom. The Morgan fingerprint density at radius 3 is 2.81 bits per heavy atom. The third-order valence-corrected chi connectivity index (χ3v) is 3.48. The van der Waals surface area contributed by atoms with E-state index in [1.165, 1.54) is 12.4 Å². The zero-order valence-electron chi connectivity index (χ0n) is 11.4. The Morgan fingerprint density at radius 2 is 2.14 bits per heavy atom. The molecule has 2 aromatic rings. The topological polar surface area (TPSA) is 67.3 Å². The average Bonchev–Trinajstić information content (AvgIpc) is 3.01. The van der Waals surface area contributed by atoms with Crippen molar-refractivity contribution in [2.75, 3.05) is 13.1 Å². The molecule has 21 heavy (non-hydrogen) atoms. The van der Waals surface area contributed by atoms with Crippen molar-refractivity contribution in [1.82, 2.24) is 15.3 Å². The van der Waals surface area contributed by atoms with Crippen molar-refractivity contribution in [3.8, 4) is 17.1 Å². The lowest BCUT2D eigenvalue weighted by atomic mass is 10.1. The standard InChI is InChI=1S/C15H16FN3O2/c16-14-10(9-20)2-1-3-13(14)11-6-18-15(19-7-11)21-12-4-5-17-8-12/h1-3,6-7,12,17,20H,4-5,8-9H2. The number of hydrogen-bond donors (Lipinski definition) is 2. The number of aliphatic hydroxyl groups is 1. The second-order valence-corrected chi connectivity index (χ2v) is 4.92. The Labute approximate surface area is 121 Å². The second-order valence-electron chi connectivity index (χ2n) is 4.92. The third kappa shape index (κ3) is 3.01. The number of halogens is 1. The Bertz CT molecular complexity index is 613. The first-order chi connectivity index (χ1) is 10.3. The molecule has 1 aromatic carbocycles. The van der Waals surface area contributed by atoms with Gasteiger partial charge in [-0.1, -0.05) is 18.2 Å². The number of hydrogen-bond acceptors (Lipinski definition) is 5. The van der Waals surface area contributed by atoms with E-state index in [0.717, 1.165) is 19.5 Å². The quantitative estimate of drug-likeness (QED) is 0.893. The zero-order valence-corrected chi connectivity index (χ0v) is 11.4. The lowest BCUT2D eigenvalue weighted by Crippen LogP contribution is -2.20. The first kappa shape index (κ1) is 13.9. The summed E-state index contributed by atoms with van der Waals surface area (Å²) in [4.78, 5) is 8.25. The van der Waals surface area contributed by atoms with E-state index in [-0.39, 0.29) is 18.3 Å². The Hall–Kier alpha value is -2.05. The summed E-state index contributed by atoms with van der Waals surface area (Å²) in [7, 11) is 0. The molecule has 0 aliphatic carbocycles. The molecule has 3 rings (SSSR count). The second kappa shape index (κ2) is 6.15. The summed E-state index contributed by atoms with van der Waals surface area (Å²) in [6.07, 6.45) is 4.08. The molecular weight excluding hydrogens is 273 g/mol. The van der Waals surface area contributed by atoms with Crippen molar-refractivity contribution in [1.29, 1.82) is 0 Å². The minimum absolute atomic E-state index is 0.0882. The monoisotopic (exact) mass is 289 g/mol. The predicted molar refractivity (Wildman–Crippen MR) is 75.3 cm³/mol. The van der Waals surface area contributed by atoms with E-state index in [1.807, 2.05) is 0 Å². The van der Waals surface area contributed by atoms with Crippen molar-refractivity contribution in [3.63, 3.8) is 0 Å². The van der Waals surface area contributed by atoms with E-state index in [9.17, 15) is 4.39 Å². The molecule has 1 unspecified atom stereocenters. The maximum absolute atomic E-state index is 14.1. The highest BCUT2D eigenvalue weighted by atomic mass is 19.1. The van der Waals surface area contributed by atoms with Crippen LogP contribution in [0.5, 0.6) is 6.01 Å². The van der Waals surface area contributed by atoms with E-state index in [1.54, 1.807) is 18.2 Å². The molecule has 0 bridgehead atoms. The van der Waals surface area contributed by atoms with Gasteiger partial charge in [-0.3, -0.25) is 0 Å². The molecule has 1 atom stereocenters. The van der Waals surface area contributed by atoms with Gasteiger partial charge >= 0.3 is 6.01 Å². The van der Waals surface area contributed by atoms with Crippen LogP contribution in [0.25, 0.3) is 11.1 Å². The summed E-state index contributed by atoms with van der Waals surface area (Å²) < 4.78 is 19.8. The lowest BCUT2D eigenvalue weighted by Gasteiger charge is -2.11. The number of benzene rings is 1. The van der Waals surface area contributed by atoms with E-state index in [0.29, 0.717) is 17.1 Å². The van der Waals surface area contributed by atoms with Crippen LogP contribution < -0.4 is 10.1 Å². The molecule has 1 saturated heterocycles. The molecule has 0 amide bonds. The van der Waals surface area contributed by atoms with Crippen LogP contribution in [0.15, 0.2) is 30.6 Å². The summed E-state index contributed by atoms with van der Waals surface area (Å²) in [5.74, 6) is -0.447. The molecule has 1 fully saturated rings. The molecule has 1 aromatic heterocycles. The van der Waals surface area contributed by atoms with E-state index in [2.05, 4.69) is 15.3 Å². The van der Waals surface area contributed by atoms with Gasteiger partial charge in [-0.15, -0.1) is 0 Å². The number of aromatic nitrogens is 2. The van der Waals surface area contributed by atoms with Crippen LogP contribution in [0, 0.1) is 5.82 Å². The molecular formula is C15H16FN3O2.